The van der Waals surface area contributed by atoms with Crippen LogP contribution in [0.15, 0.2) is 0 Å². The van der Waals surface area contributed by atoms with Gasteiger partial charge in [0.2, 0.25) is 15.2 Å². The first-order chi connectivity index (χ1) is 12.8. The molecule has 0 bridgehead atoms. The van der Waals surface area contributed by atoms with Crippen molar-refractivity contribution in [2.24, 2.45) is 0 Å². The summed E-state index contributed by atoms with van der Waals surface area (Å²) in [6, 6.07) is 0. The van der Waals surface area contributed by atoms with Crippen LogP contribution in [0.4, 0.5) is 0 Å². The zero-order valence-electron chi connectivity index (χ0n) is 15.4. The fourth-order valence-electron chi connectivity index (χ4n) is 3.51. The molecule has 11 heteroatoms. The van der Waals surface area contributed by atoms with Crippen molar-refractivity contribution in [3.05, 3.63) is 22.0 Å². The average Bonchev–Trinajstić information content (AvgIpc) is 3.23. The molecule has 0 spiro atoms. The third-order valence-electron chi connectivity index (χ3n) is 5.11. The number of hydrogen-bond acceptors (Lipinski definition) is 7. The molecule has 4 rings (SSSR count). The van der Waals surface area contributed by atoms with Crippen LogP contribution in [0.3, 0.4) is 0 Å². The van der Waals surface area contributed by atoms with Gasteiger partial charge in [0.05, 0.1) is 17.6 Å². The SMILES string of the molecule is Cc1c(C(=O)N2CCN(S(C)(=O)=O)CC2)nnn1-c1nc2c(s1)CCCC2. The molecular weight excluding hydrogens is 388 g/mol. The van der Waals surface area contributed by atoms with Crippen LogP contribution in [0.2, 0.25) is 0 Å². The predicted octanol–water partition coefficient (Wildman–Crippen LogP) is 0.628. The number of aryl methyl sites for hydroxylation is 2. The third-order valence-corrected chi connectivity index (χ3v) is 7.54. The topological polar surface area (TPSA) is 101 Å². The summed E-state index contributed by atoms with van der Waals surface area (Å²) in [4.78, 5) is 20.5. The van der Waals surface area contributed by atoms with Gasteiger partial charge >= 0.3 is 0 Å². The van der Waals surface area contributed by atoms with Crippen molar-refractivity contribution in [1.82, 2.24) is 29.2 Å². The largest absolute Gasteiger partial charge is 0.335 e. The normalized spacial score (nSPS) is 18.5. The maximum Gasteiger partial charge on any atom is 0.276 e. The van der Waals surface area contributed by atoms with E-state index in [0.717, 1.165) is 30.1 Å². The fraction of sp³-hybridized carbons (Fsp3) is 0.625. The van der Waals surface area contributed by atoms with E-state index in [2.05, 4.69) is 15.3 Å². The molecule has 0 N–H and O–H groups in total. The van der Waals surface area contributed by atoms with E-state index in [0.29, 0.717) is 37.6 Å². The molecule has 0 saturated carbocycles. The number of rotatable bonds is 3. The number of fused-ring (bicyclic) bond motifs is 1. The third kappa shape index (κ3) is 3.50. The summed E-state index contributed by atoms with van der Waals surface area (Å²) in [6.45, 7) is 3.13. The quantitative estimate of drug-likeness (QED) is 0.736. The number of sulfonamides is 1. The van der Waals surface area contributed by atoms with Crippen molar-refractivity contribution in [1.29, 1.82) is 0 Å². The Kier molecular flexibility index (Phi) is 4.77. The lowest BCUT2D eigenvalue weighted by molar-refractivity contribution is 0.0691. The van der Waals surface area contributed by atoms with Crippen LogP contribution in [0.25, 0.3) is 5.13 Å². The Morgan fingerprint density at radius 3 is 2.48 bits per heavy atom. The molecular formula is C16H22N6O3S2. The molecule has 0 atom stereocenters. The number of nitrogens with zero attached hydrogens (tertiary/aromatic N) is 6. The highest BCUT2D eigenvalue weighted by atomic mass is 32.2. The molecule has 27 heavy (non-hydrogen) atoms. The highest BCUT2D eigenvalue weighted by Gasteiger charge is 2.30. The van der Waals surface area contributed by atoms with Gasteiger partial charge in [0.25, 0.3) is 5.91 Å². The average molecular weight is 411 g/mol. The summed E-state index contributed by atoms with van der Waals surface area (Å²) < 4.78 is 26.3. The number of aromatic nitrogens is 4. The summed E-state index contributed by atoms with van der Waals surface area (Å²) in [7, 11) is -3.23. The molecule has 2 aromatic rings. The summed E-state index contributed by atoms with van der Waals surface area (Å²) in [6.07, 6.45) is 5.59. The van der Waals surface area contributed by atoms with Crippen LogP contribution in [0, 0.1) is 6.92 Å². The van der Waals surface area contributed by atoms with E-state index >= 15 is 0 Å². The van der Waals surface area contributed by atoms with Crippen molar-refractivity contribution in [2.45, 2.75) is 32.6 Å². The standard InChI is InChI=1S/C16H22N6O3S2/c1-11-14(15(23)20-7-9-21(10-8-20)27(2,24)25)18-19-22(11)16-17-12-5-3-4-6-13(12)26-16/h3-10H2,1-2H3. The van der Waals surface area contributed by atoms with Crippen LogP contribution >= 0.6 is 11.3 Å². The van der Waals surface area contributed by atoms with Crippen LogP contribution in [-0.2, 0) is 22.9 Å². The van der Waals surface area contributed by atoms with Crippen molar-refractivity contribution < 1.29 is 13.2 Å². The number of amides is 1. The van der Waals surface area contributed by atoms with Crippen LogP contribution in [0.5, 0.6) is 0 Å². The summed E-state index contributed by atoms with van der Waals surface area (Å²) in [5, 5.41) is 9.02. The molecule has 2 aliphatic rings. The molecule has 1 aliphatic carbocycles. The van der Waals surface area contributed by atoms with Crippen LogP contribution in [0.1, 0.15) is 39.6 Å². The Morgan fingerprint density at radius 2 is 1.81 bits per heavy atom. The summed E-state index contributed by atoms with van der Waals surface area (Å²) in [5.74, 6) is -0.215. The number of piperazine rings is 1. The Labute approximate surface area is 162 Å². The molecule has 2 aromatic heterocycles. The van der Waals surface area contributed by atoms with Gasteiger partial charge in [0, 0.05) is 31.1 Å². The van der Waals surface area contributed by atoms with Gasteiger partial charge in [-0.25, -0.2) is 13.4 Å². The fourth-order valence-corrected chi connectivity index (χ4v) is 5.48. The predicted molar refractivity (Wildman–Crippen MR) is 101 cm³/mol. The van der Waals surface area contributed by atoms with Gasteiger partial charge in [-0.3, -0.25) is 4.79 Å². The van der Waals surface area contributed by atoms with Gasteiger partial charge in [-0.1, -0.05) is 16.6 Å². The molecule has 9 nitrogen and oxygen atoms in total. The van der Waals surface area contributed by atoms with Gasteiger partial charge in [0.1, 0.15) is 0 Å². The first-order valence-electron chi connectivity index (χ1n) is 9.00. The maximum atomic E-state index is 12.8. The number of carbonyl (C=O) groups excluding carboxylic acids is 1. The van der Waals surface area contributed by atoms with Crippen molar-refractivity contribution >= 4 is 27.3 Å². The highest BCUT2D eigenvalue weighted by molar-refractivity contribution is 7.88. The summed E-state index contributed by atoms with van der Waals surface area (Å²) in [5.41, 5.74) is 2.11. The molecule has 146 valence electrons. The molecule has 1 fully saturated rings. The van der Waals surface area contributed by atoms with E-state index < -0.39 is 10.0 Å². The second kappa shape index (κ2) is 6.95. The van der Waals surface area contributed by atoms with E-state index in [1.165, 1.54) is 21.9 Å². The number of thiazole rings is 1. The second-order valence-electron chi connectivity index (χ2n) is 6.96. The second-order valence-corrected chi connectivity index (χ2v) is 10.0. The number of hydrogen-bond donors (Lipinski definition) is 0. The van der Waals surface area contributed by atoms with E-state index in [1.54, 1.807) is 20.9 Å². The van der Waals surface area contributed by atoms with Gasteiger partial charge in [-0.15, -0.1) is 5.10 Å². The highest BCUT2D eigenvalue weighted by Crippen LogP contribution is 2.29. The molecule has 1 amide bonds. The Morgan fingerprint density at radius 1 is 1.11 bits per heavy atom. The molecule has 0 radical (unpaired) electrons. The van der Waals surface area contributed by atoms with E-state index in [1.807, 2.05) is 6.92 Å². The smallest absolute Gasteiger partial charge is 0.276 e. The maximum absolute atomic E-state index is 12.8. The lowest BCUT2D eigenvalue weighted by Crippen LogP contribution is -2.50. The van der Waals surface area contributed by atoms with Crippen molar-refractivity contribution in [2.75, 3.05) is 32.4 Å². The first-order valence-corrected chi connectivity index (χ1v) is 11.7. The van der Waals surface area contributed by atoms with Gasteiger partial charge in [-0.2, -0.15) is 8.99 Å². The van der Waals surface area contributed by atoms with Crippen LogP contribution in [-0.4, -0.2) is 75.9 Å². The van der Waals surface area contributed by atoms with E-state index in [4.69, 9.17) is 0 Å². The zero-order valence-corrected chi connectivity index (χ0v) is 17.0. The van der Waals surface area contributed by atoms with Gasteiger partial charge in [-0.05, 0) is 32.6 Å². The molecule has 3 heterocycles. The minimum absolute atomic E-state index is 0.215. The van der Waals surface area contributed by atoms with Crippen molar-refractivity contribution in [3.63, 3.8) is 0 Å². The van der Waals surface area contributed by atoms with E-state index in [9.17, 15) is 13.2 Å². The lowest BCUT2D eigenvalue weighted by Gasteiger charge is -2.32. The van der Waals surface area contributed by atoms with Crippen molar-refractivity contribution in [3.8, 4) is 5.13 Å². The Hall–Kier alpha value is -1.85. The zero-order chi connectivity index (χ0) is 19.2. The minimum Gasteiger partial charge on any atom is -0.335 e. The molecule has 0 unspecified atom stereocenters. The Bertz CT molecular complexity index is 949. The van der Waals surface area contributed by atoms with Gasteiger partial charge in [0.15, 0.2) is 5.69 Å². The lowest BCUT2D eigenvalue weighted by atomic mass is 10.0. The van der Waals surface area contributed by atoms with Gasteiger partial charge < -0.3 is 4.90 Å². The molecule has 1 saturated heterocycles. The molecule has 1 aliphatic heterocycles. The first kappa shape index (κ1) is 18.5. The van der Waals surface area contributed by atoms with E-state index in [-0.39, 0.29) is 5.91 Å². The molecule has 0 aromatic carbocycles. The minimum atomic E-state index is -3.23. The Balaban J connectivity index is 1.52. The monoisotopic (exact) mass is 410 g/mol. The summed E-state index contributed by atoms with van der Waals surface area (Å²) >= 11 is 1.62. The van der Waals surface area contributed by atoms with Crippen LogP contribution < -0.4 is 0 Å². The number of carbonyl (C=O) groups is 1.